The number of anilines is 1. The van der Waals surface area contributed by atoms with Crippen LogP contribution in [0.2, 0.25) is 5.02 Å². The Balaban J connectivity index is 2.05. The van der Waals surface area contributed by atoms with E-state index in [1.165, 1.54) is 16.1 Å². The van der Waals surface area contributed by atoms with Gasteiger partial charge in [-0.05, 0) is 44.0 Å². The number of nitrogens with zero attached hydrogens (tertiary/aromatic N) is 4. The van der Waals surface area contributed by atoms with E-state index in [9.17, 15) is 14.5 Å². The van der Waals surface area contributed by atoms with Crippen molar-refractivity contribution < 1.29 is 9.59 Å². The second-order valence-electron chi connectivity index (χ2n) is 8.25. The van der Waals surface area contributed by atoms with Crippen molar-refractivity contribution in [3.8, 4) is 0 Å². The van der Waals surface area contributed by atoms with E-state index in [-0.39, 0.29) is 28.9 Å². The molecule has 1 saturated carbocycles. The molecule has 1 aromatic rings. The first-order chi connectivity index (χ1) is 15.3. The van der Waals surface area contributed by atoms with Gasteiger partial charge < -0.3 is 16.0 Å². The van der Waals surface area contributed by atoms with Gasteiger partial charge in [-0.25, -0.2) is 0 Å². The zero-order valence-electron chi connectivity index (χ0n) is 18.8. The number of benzene rings is 1. The Morgan fingerprint density at radius 3 is 2.53 bits per heavy atom. The summed E-state index contributed by atoms with van der Waals surface area (Å²) in [5, 5.41) is 12.2. The highest BCUT2D eigenvalue weighted by atomic mass is 35.5. The van der Waals surface area contributed by atoms with E-state index in [2.05, 4.69) is 15.6 Å². The van der Waals surface area contributed by atoms with Crippen LogP contribution in [-0.4, -0.2) is 62.2 Å². The van der Waals surface area contributed by atoms with Gasteiger partial charge in [-0.15, -0.1) is 0 Å². The van der Waals surface area contributed by atoms with E-state index in [0.29, 0.717) is 38.0 Å². The smallest absolute Gasteiger partial charge is 0.266 e. The van der Waals surface area contributed by atoms with Gasteiger partial charge in [0.1, 0.15) is 11.8 Å². The highest BCUT2D eigenvalue weighted by Gasteiger charge is 2.33. The van der Waals surface area contributed by atoms with Gasteiger partial charge in [-0.2, -0.15) is 10.0 Å². The summed E-state index contributed by atoms with van der Waals surface area (Å²) in [5.41, 5.74) is 5.57. The molecule has 2 amide bonds. The largest absolute Gasteiger partial charge is 0.349 e. The summed E-state index contributed by atoms with van der Waals surface area (Å²) in [7, 11) is 3.36. The molecule has 1 aliphatic rings. The molecular formula is C22H33ClN6O3. The molecule has 0 spiro atoms. The third kappa shape index (κ3) is 7.27. The molecule has 9 nitrogen and oxygen atoms in total. The van der Waals surface area contributed by atoms with Gasteiger partial charge >= 0.3 is 0 Å². The lowest BCUT2D eigenvalue weighted by molar-refractivity contribution is -0.122. The number of rotatable bonds is 10. The van der Waals surface area contributed by atoms with Crippen molar-refractivity contribution in [1.82, 2.24) is 10.2 Å². The maximum atomic E-state index is 12.8. The van der Waals surface area contributed by atoms with Crippen LogP contribution in [-0.2, 0) is 4.79 Å². The van der Waals surface area contributed by atoms with Gasteiger partial charge in [0.15, 0.2) is 0 Å². The Kier molecular flexibility index (Phi) is 10.1. The third-order valence-corrected chi connectivity index (χ3v) is 6.12. The van der Waals surface area contributed by atoms with Gasteiger partial charge in [-0.1, -0.05) is 42.5 Å². The molecule has 1 fully saturated rings. The predicted molar refractivity (Wildman–Crippen MR) is 128 cm³/mol. The van der Waals surface area contributed by atoms with Crippen molar-refractivity contribution in [2.24, 2.45) is 16.0 Å². The average molecular weight is 465 g/mol. The summed E-state index contributed by atoms with van der Waals surface area (Å²) in [6.07, 6.45) is 7.31. The van der Waals surface area contributed by atoms with Gasteiger partial charge in [0.2, 0.25) is 0 Å². The lowest BCUT2D eigenvalue weighted by Crippen LogP contribution is -2.41. The van der Waals surface area contributed by atoms with E-state index in [1.807, 2.05) is 0 Å². The minimum atomic E-state index is -0.756. The number of nitrogens with one attached hydrogen (secondary N) is 1. The van der Waals surface area contributed by atoms with Crippen molar-refractivity contribution in [3.63, 3.8) is 0 Å². The SMILES string of the molecule is CN(CCCN)C(=O)/C=N\N(C)c1ccc(Cl)c(C(=O)NCC2(N=O)CCCCCC2)c1. The Hall–Kier alpha value is -2.52. The lowest BCUT2D eigenvalue weighted by Gasteiger charge is -2.25. The summed E-state index contributed by atoms with van der Waals surface area (Å²) in [6.45, 7) is 1.25. The first-order valence-corrected chi connectivity index (χ1v) is 11.3. The summed E-state index contributed by atoms with van der Waals surface area (Å²) in [6, 6.07) is 4.91. The van der Waals surface area contributed by atoms with Crippen molar-refractivity contribution in [3.05, 3.63) is 33.7 Å². The lowest BCUT2D eigenvalue weighted by atomic mass is 9.91. The van der Waals surface area contributed by atoms with Crippen LogP contribution in [0.5, 0.6) is 0 Å². The highest BCUT2D eigenvalue weighted by Crippen LogP contribution is 2.30. The minimum absolute atomic E-state index is 0.188. The molecule has 0 bridgehead atoms. The summed E-state index contributed by atoms with van der Waals surface area (Å²) >= 11 is 6.26. The molecule has 0 aliphatic heterocycles. The fourth-order valence-electron chi connectivity index (χ4n) is 3.66. The summed E-state index contributed by atoms with van der Waals surface area (Å²) in [5.74, 6) is -0.619. The van der Waals surface area contributed by atoms with Crippen LogP contribution < -0.4 is 16.1 Å². The topological polar surface area (TPSA) is 120 Å². The second kappa shape index (κ2) is 12.5. The molecule has 0 radical (unpaired) electrons. The van der Waals surface area contributed by atoms with Crippen molar-refractivity contribution in [1.29, 1.82) is 0 Å². The number of nitroso groups, excluding NO2 is 1. The fraction of sp³-hybridized carbons (Fsp3) is 0.591. The molecule has 2 rings (SSSR count). The molecule has 0 atom stereocenters. The molecule has 0 aromatic heterocycles. The molecule has 0 saturated heterocycles. The Morgan fingerprint density at radius 2 is 1.91 bits per heavy atom. The number of carbonyl (C=O) groups is 2. The maximum Gasteiger partial charge on any atom is 0.266 e. The van der Waals surface area contributed by atoms with E-state index in [1.54, 1.807) is 32.3 Å². The first kappa shape index (κ1) is 25.7. The van der Waals surface area contributed by atoms with E-state index < -0.39 is 5.54 Å². The van der Waals surface area contributed by atoms with E-state index in [0.717, 1.165) is 25.7 Å². The van der Waals surface area contributed by atoms with Crippen LogP contribution in [0.1, 0.15) is 55.3 Å². The zero-order valence-corrected chi connectivity index (χ0v) is 19.6. The van der Waals surface area contributed by atoms with E-state index in [4.69, 9.17) is 17.3 Å². The van der Waals surface area contributed by atoms with E-state index >= 15 is 0 Å². The van der Waals surface area contributed by atoms with Crippen LogP contribution in [0.25, 0.3) is 0 Å². The highest BCUT2D eigenvalue weighted by molar-refractivity contribution is 6.34. The molecule has 0 unspecified atom stereocenters. The second-order valence-corrected chi connectivity index (χ2v) is 8.65. The standard InChI is InChI=1S/C22H33ClN6O3/c1-28(13-7-12-24)20(30)15-26-29(2)17-8-9-19(23)18(14-17)21(31)25-16-22(27-32)10-5-3-4-6-11-22/h8-9,14-15H,3-7,10-13,16,24H2,1-2H3,(H,25,31)/b26-15-. The van der Waals surface area contributed by atoms with Crippen LogP contribution in [0, 0.1) is 4.91 Å². The first-order valence-electron chi connectivity index (χ1n) is 11.0. The van der Waals surface area contributed by atoms with Crippen molar-refractivity contribution >= 4 is 35.3 Å². The molecular weight excluding hydrogens is 432 g/mol. The molecule has 3 N–H and O–H groups in total. The summed E-state index contributed by atoms with van der Waals surface area (Å²) < 4.78 is 0. The predicted octanol–water partition coefficient (Wildman–Crippen LogP) is 3.16. The number of carbonyl (C=O) groups excluding carboxylic acids is 2. The average Bonchev–Trinajstić information content (AvgIpc) is 3.05. The fourth-order valence-corrected chi connectivity index (χ4v) is 3.86. The maximum absolute atomic E-state index is 12.8. The molecule has 10 heteroatoms. The van der Waals surface area contributed by atoms with Gasteiger partial charge in [0.05, 0.1) is 16.3 Å². The van der Waals surface area contributed by atoms with Gasteiger partial charge in [-0.3, -0.25) is 14.6 Å². The molecule has 176 valence electrons. The van der Waals surface area contributed by atoms with Crippen molar-refractivity contribution in [2.75, 3.05) is 38.7 Å². The number of amides is 2. The monoisotopic (exact) mass is 464 g/mol. The minimum Gasteiger partial charge on any atom is -0.349 e. The Labute approximate surface area is 194 Å². The molecule has 1 aromatic carbocycles. The number of hydrogen-bond acceptors (Lipinski definition) is 7. The quantitative estimate of drug-likeness (QED) is 0.238. The van der Waals surface area contributed by atoms with Crippen LogP contribution in [0.4, 0.5) is 5.69 Å². The number of halogens is 1. The Morgan fingerprint density at radius 1 is 1.22 bits per heavy atom. The van der Waals surface area contributed by atoms with Gasteiger partial charge in [0.25, 0.3) is 11.8 Å². The molecule has 1 aliphatic carbocycles. The van der Waals surface area contributed by atoms with Crippen LogP contribution >= 0.6 is 11.6 Å². The van der Waals surface area contributed by atoms with Crippen LogP contribution in [0.15, 0.2) is 28.5 Å². The molecule has 0 heterocycles. The van der Waals surface area contributed by atoms with Crippen molar-refractivity contribution in [2.45, 2.75) is 50.5 Å². The van der Waals surface area contributed by atoms with Crippen LogP contribution in [0.3, 0.4) is 0 Å². The molecule has 32 heavy (non-hydrogen) atoms. The number of hydrazone groups is 1. The third-order valence-electron chi connectivity index (χ3n) is 5.79. The Bertz CT molecular complexity index is 824. The number of nitrogens with two attached hydrogens (primary N) is 1. The number of hydrogen-bond donors (Lipinski definition) is 2. The normalized spacial score (nSPS) is 15.8. The summed E-state index contributed by atoms with van der Waals surface area (Å²) in [4.78, 5) is 38.0. The van der Waals surface area contributed by atoms with Gasteiger partial charge in [0, 0.05) is 27.2 Å². The zero-order chi connectivity index (χ0) is 23.6.